The monoisotopic (exact) mass is 467 g/mol. The number of hydrogen-bond acceptors (Lipinski definition) is 8. The molecule has 0 bridgehead atoms. The Balaban J connectivity index is 2.12. The van der Waals surface area contributed by atoms with E-state index >= 15 is 0 Å². The molecule has 0 aromatic carbocycles. The molecule has 4 atom stereocenters. The second-order valence-electron chi connectivity index (χ2n) is 7.73. The van der Waals surface area contributed by atoms with Crippen LogP contribution in [0.2, 0.25) is 0 Å². The minimum absolute atomic E-state index is 0.0297. The fraction of sp³-hybridized carbons (Fsp3) is 0.579. The number of primary amides is 1. The lowest BCUT2D eigenvalue weighted by molar-refractivity contribution is -0.145. The van der Waals surface area contributed by atoms with Gasteiger partial charge in [0.15, 0.2) is 0 Å². The molecule has 1 aliphatic rings. The summed E-state index contributed by atoms with van der Waals surface area (Å²) < 4.78 is 0. The molecule has 14 nitrogen and oxygen atoms in total. The van der Waals surface area contributed by atoms with Crippen molar-refractivity contribution in [2.75, 3.05) is 13.2 Å². The van der Waals surface area contributed by atoms with E-state index in [9.17, 15) is 29.1 Å². The number of nitrogens with one attached hydrogen (secondary N) is 3. The third kappa shape index (κ3) is 7.25. The first-order valence-electron chi connectivity index (χ1n) is 10.4. The van der Waals surface area contributed by atoms with Gasteiger partial charge in [0.1, 0.15) is 24.2 Å². The summed E-state index contributed by atoms with van der Waals surface area (Å²) in [6, 6.07) is -4.68. The number of carboxylic acid groups (broad SMARTS) is 1. The molecule has 0 radical (unpaired) electrons. The van der Waals surface area contributed by atoms with E-state index in [1.54, 1.807) is 0 Å². The van der Waals surface area contributed by atoms with Gasteiger partial charge >= 0.3 is 5.97 Å². The first-order valence-corrected chi connectivity index (χ1v) is 10.4. The Kier molecular flexibility index (Phi) is 9.30. The maximum atomic E-state index is 13.1. The molecule has 4 unspecified atom stereocenters. The number of carboxylic acids is 1. The molecule has 1 aromatic heterocycles. The Morgan fingerprint density at radius 3 is 2.55 bits per heavy atom. The Bertz CT molecular complexity index is 861. The van der Waals surface area contributed by atoms with E-state index in [4.69, 9.17) is 16.6 Å². The first kappa shape index (κ1) is 25.7. The van der Waals surface area contributed by atoms with Crippen molar-refractivity contribution in [1.82, 2.24) is 25.5 Å². The highest BCUT2D eigenvalue weighted by molar-refractivity contribution is 5.94. The van der Waals surface area contributed by atoms with E-state index in [1.807, 2.05) is 0 Å². The topological polar surface area (TPSA) is 234 Å². The van der Waals surface area contributed by atoms with E-state index in [0.29, 0.717) is 18.5 Å². The molecular formula is C19H29N7O7. The molecule has 1 aromatic rings. The molecule has 0 aliphatic carbocycles. The number of likely N-dealkylation sites (tertiary alicyclic amines) is 1. The van der Waals surface area contributed by atoms with Crippen molar-refractivity contribution >= 4 is 29.6 Å². The number of carbonyl (C=O) groups is 5. The number of imidazole rings is 1. The molecule has 4 amide bonds. The molecule has 9 N–H and O–H groups in total. The summed E-state index contributed by atoms with van der Waals surface area (Å²) in [6.45, 7) is -0.450. The summed E-state index contributed by atoms with van der Waals surface area (Å²) in [6.07, 6.45) is 3.24. The summed E-state index contributed by atoms with van der Waals surface area (Å²) in [4.78, 5) is 68.7. The van der Waals surface area contributed by atoms with Crippen molar-refractivity contribution in [2.24, 2.45) is 11.5 Å². The van der Waals surface area contributed by atoms with Crippen LogP contribution in [0, 0.1) is 0 Å². The van der Waals surface area contributed by atoms with Crippen LogP contribution in [-0.2, 0) is 30.4 Å². The van der Waals surface area contributed by atoms with Crippen LogP contribution < -0.4 is 22.1 Å². The maximum absolute atomic E-state index is 13.1. The number of H-pyrrole nitrogens is 1. The number of aliphatic carboxylic acids is 1. The largest absolute Gasteiger partial charge is 0.480 e. The number of hydrogen-bond donors (Lipinski definition) is 7. The average molecular weight is 467 g/mol. The number of nitrogens with two attached hydrogens (primary N) is 2. The Labute approximate surface area is 189 Å². The number of amides is 4. The number of aromatic amines is 1. The highest BCUT2D eigenvalue weighted by atomic mass is 16.4. The zero-order chi connectivity index (χ0) is 24.5. The summed E-state index contributed by atoms with van der Waals surface area (Å²) in [5.41, 5.74) is 11.2. The van der Waals surface area contributed by atoms with E-state index in [-0.39, 0.29) is 25.8 Å². The third-order valence-corrected chi connectivity index (χ3v) is 5.26. The fourth-order valence-corrected chi connectivity index (χ4v) is 3.49. The SMILES string of the molecule is NC(=O)CCC(NC(=O)C(N)CO)C(=O)N1CCCC1C(=O)NC(Cc1cnc[nH]1)C(=O)O. The van der Waals surface area contributed by atoms with Crippen molar-refractivity contribution in [3.05, 3.63) is 18.2 Å². The zero-order valence-electron chi connectivity index (χ0n) is 17.9. The third-order valence-electron chi connectivity index (χ3n) is 5.26. The van der Waals surface area contributed by atoms with E-state index in [1.165, 1.54) is 17.4 Å². The molecule has 1 aliphatic heterocycles. The lowest BCUT2D eigenvalue weighted by Gasteiger charge is -2.29. The van der Waals surface area contributed by atoms with Gasteiger partial charge in [0, 0.05) is 31.3 Å². The summed E-state index contributed by atoms with van der Waals surface area (Å²) in [5, 5.41) is 23.4. The van der Waals surface area contributed by atoms with E-state index < -0.39 is 60.4 Å². The van der Waals surface area contributed by atoms with Crippen molar-refractivity contribution in [2.45, 2.75) is 56.3 Å². The van der Waals surface area contributed by atoms with Gasteiger partial charge in [-0.3, -0.25) is 19.2 Å². The number of nitrogens with zero attached hydrogens (tertiary/aromatic N) is 2. The van der Waals surface area contributed by atoms with Crippen LogP contribution in [-0.4, -0.2) is 92.0 Å². The second kappa shape index (κ2) is 11.9. The highest BCUT2D eigenvalue weighted by Crippen LogP contribution is 2.20. The normalized spacial score (nSPS) is 18.2. The van der Waals surface area contributed by atoms with Crippen LogP contribution in [0.15, 0.2) is 12.5 Å². The predicted octanol–water partition coefficient (Wildman–Crippen LogP) is -3.42. The molecule has 2 heterocycles. The fourth-order valence-electron chi connectivity index (χ4n) is 3.49. The van der Waals surface area contributed by atoms with Gasteiger partial charge in [0.25, 0.3) is 0 Å². The van der Waals surface area contributed by atoms with Crippen LogP contribution in [0.3, 0.4) is 0 Å². The molecule has 0 spiro atoms. The Hall–Kier alpha value is -3.52. The number of carbonyl (C=O) groups excluding carboxylic acids is 4. The zero-order valence-corrected chi connectivity index (χ0v) is 17.9. The van der Waals surface area contributed by atoms with Crippen LogP contribution in [0.25, 0.3) is 0 Å². The van der Waals surface area contributed by atoms with Gasteiger partial charge in [-0.05, 0) is 19.3 Å². The molecule has 182 valence electrons. The van der Waals surface area contributed by atoms with Crippen LogP contribution in [0.4, 0.5) is 0 Å². The van der Waals surface area contributed by atoms with Crippen molar-refractivity contribution in [3.8, 4) is 0 Å². The van der Waals surface area contributed by atoms with Crippen LogP contribution in [0.5, 0.6) is 0 Å². The van der Waals surface area contributed by atoms with Gasteiger partial charge in [-0.15, -0.1) is 0 Å². The first-order chi connectivity index (χ1) is 15.6. The van der Waals surface area contributed by atoms with Gasteiger partial charge in [0.05, 0.1) is 12.9 Å². The van der Waals surface area contributed by atoms with Gasteiger partial charge in [-0.1, -0.05) is 0 Å². The van der Waals surface area contributed by atoms with Crippen molar-refractivity contribution < 1.29 is 34.2 Å². The lowest BCUT2D eigenvalue weighted by Crippen LogP contribution is -2.57. The van der Waals surface area contributed by atoms with E-state index in [0.717, 1.165) is 0 Å². The van der Waals surface area contributed by atoms with Crippen molar-refractivity contribution in [3.63, 3.8) is 0 Å². The Morgan fingerprint density at radius 1 is 1.24 bits per heavy atom. The van der Waals surface area contributed by atoms with E-state index in [2.05, 4.69) is 20.6 Å². The average Bonchev–Trinajstić information content (AvgIpc) is 3.46. The molecule has 0 saturated carbocycles. The maximum Gasteiger partial charge on any atom is 0.326 e. The van der Waals surface area contributed by atoms with Gasteiger partial charge in [0.2, 0.25) is 23.6 Å². The summed E-state index contributed by atoms with van der Waals surface area (Å²) in [5.74, 6) is -4.02. The van der Waals surface area contributed by atoms with Crippen LogP contribution >= 0.6 is 0 Å². The summed E-state index contributed by atoms with van der Waals surface area (Å²) in [7, 11) is 0. The molecule has 14 heteroatoms. The Morgan fingerprint density at radius 2 is 1.97 bits per heavy atom. The van der Waals surface area contributed by atoms with Gasteiger partial charge in [-0.2, -0.15) is 0 Å². The van der Waals surface area contributed by atoms with Crippen molar-refractivity contribution in [1.29, 1.82) is 0 Å². The number of aromatic nitrogens is 2. The molecule has 1 saturated heterocycles. The quantitative estimate of drug-likeness (QED) is 0.162. The predicted molar refractivity (Wildman–Crippen MR) is 112 cm³/mol. The summed E-state index contributed by atoms with van der Waals surface area (Å²) >= 11 is 0. The molecular weight excluding hydrogens is 438 g/mol. The lowest BCUT2D eigenvalue weighted by atomic mass is 10.1. The molecule has 1 fully saturated rings. The number of aliphatic hydroxyl groups is 1. The molecule has 33 heavy (non-hydrogen) atoms. The smallest absolute Gasteiger partial charge is 0.326 e. The standard InChI is InChI=1S/C19H29N7O7/c20-11(8-27)16(29)24-12(3-4-15(21)28)18(31)26-5-1-2-14(26)17(30)25-13(19(32)33)6-10-7-22-9-23-10/h7,9,11-14,27H,1-6,8,20H2,(H2,21,28)(H,22,23)(H,24,29)(H,25,30)(H,32,33). The van der Waals surface area contributed by atoms with Crippen LogP contribution in [0.1, 0.15) is 31.4 Å². The minimum atomic E-state index is -1.27. The van der Waals surface area contributed by atoms with Gasteiger partial charge < -0.3 is 42.2 Å². The minimum Gasteiger partial charge on any atom is -0.480 e. The highest BCUT2D eigenvalue weighted by Gasteiger charge is 2.39. The second-order valence-corrected chi connectivity index (χ2v) is 7.73. The number of aliphatic hydroxyl groups excluding tert-OH is 1. The van der Waals surface area contributed by atoms with Gasteiger partial charge in [-0.25, -0.2) is 9.78 Å². The number of rotatable bonds is 12. The molecule has 2 rings (SSSR count).